The molecule has 0 radical (unpaired) electrons. The summed E-state index contributed by atoms with van der Waals surface area (Å²) in [7, 11) is -3.75. The van der Waals surface area contributed by atoms with Crippen molar-refractivity contribution in [3.8, 4) is 0 Å². The van der Waals surface area contributed by atoms with Gasteiger partial charge in [-0.05, 0) is 30.7 Å². The number of benzene rings is 2. The molecule has 0 spiro atoms. The fourth-order valence-electron chi connectivity index (χ4n) is 3.09. The number of thiazole rings is 1. The van der Waals surface area contributed by atoms with Crippen LogP contribution in [0, 0.1) is 0 Å². The lowest BCUT2D eigenvalue weighted by Crippen LogP contribution is -2.11. The van der Waals surface area contributed by atoms with E-state index < -0.39 is 10.0 Å². The molecular weight excluding hydrogens is 424 g/mol. The van der Waals surface area contributed by atoms with Crippen molar-refractivity contribution in [2.24, 2.45) is 5.14 Å². The average molecular weight is 445 g/mol. The second-order valence-corrected chi connectivity index (χ2v) is 9.96. The van der Waals surface area contributed by atoms with Crippen LogP contribution in [0.5, 0.6) is 0 Å². The van der Waals surface area contributed by atoms with Gasteiger partial charge in [-0.15, -0.1) is 11.3 Å². The van der Waals surface area contributed by atoms with E-state index in [1.54, 1.807) is 29.2 Å². The second-order valence-electron chi connectivity index (χ2n) is 6.52. The fourth-order valence-corrected chi connectivity index (χ4v) is 5.52. The minimum Gasteiger partial charge on any atom is -0.319 e. The summed E-state index contributed by atoms with van der Waals surface area (Å²) in [4.78, 5) is 9.45. The third kappa shape index (κ3) is 4.53. The fraction of sp³-hybridized carbons (Fsp3) is 0.200. The molecule has 2 aromatic carbocycles. The molecular formula is C20H20N4O2S3. The molecule has 0 aliphatic heterocycles. The normalized spacial score (nSPS) is 11.9. The first-order chi connectivity index (χ1) is 13.9. The Morgan fingerprint density at radius 3 is 2.66 bits per heavy atom. The van der Waals surface area contributed by atoms with Gasteiger partial charge in [-0.3, -0.25) is 0 Å². The van der Waals surface area contributed by atoms with Gasteiger partial charge in [0, 0.05) is 24.1 Å². The number of thioether (sulfide) groups is 1. The van der Waals surface area contributed by atoms with Crippen molar-refractivity contribution in [3.63, 3.8) is 0 Å². The monoisotopic (exact) mass is 444 g/mol. The Labute approximate surface area is 177 Å². The summed E-state index contributed by atoms with van der Waals surface area (Å²) in [5, 5.41) is 9.26. The summed E-state index contributed by atoms with van der Waals surface area (Å²) in [5.41, 5.74) is 3.79. The molecule has 0 aliphatic carbocycles. The number of primary sulfonamides is 1. The number of aromatic nitrogens is 3. The third-order valence-electron chi connectivity index (χ3n) is 4.48. The van der Waals surface area contributed by atoms with Gasteiger partial charge in [0.05, 0.1) is 26.6 Å². The van der Waals surface area contributed by atoms with Gasteiger partial charge in [0.15, 0.2) is 5.16 Å². The van der Waals surface area contributed by atoms with Gasteiger partial charge in [0.1, 0.15) is 0 Å². The summed E-state index contributed by atoms with van der Waals surface area (Å²) in [6.45, 7) is 2.78. The SMILES string of the molecule is CCn1c(SCc2csc(Cc3ccccc3)n2)nc2cc(S(N)(=O)=O)ccc21. The van der Waals surface area contributed by atoms with Crippen LogP contribution in [0.2, 0.25) is 0 Å². The maximum atomic E-state index is 11.6. The van der Waals surface area contributed by atoms with Crippen molar-refractivity contribution < 1.29 is 8.42 Å². The van der Waals surface area contributed by atoms with Gasteiger partial charge in [-0.2, -0.15) is 0 Å². The number of aryl methyl sites for hydroxylation is 1. The quantitative estimate of drug-likeness (QED) is 0.434. The first-order valence-electron chi connectivity index (χ1n) is 9.07. The van der Waals surface area contributed by atoms with Gasteiger partial charge in [-0.25, -0.2) is 23.5 Å². The van der Waals surface area contributed by atoms with Crippen molar-refractivity contribution in [2.75, 3.05) is 0 Å². The summed E-state index contributed by atoms with van der Waals surface area (Å²) in [6, 6.07) is 15.1. The van der Waals surface area contributed by atoms with Crippen molar-refractivity contribution in [3.05, 3.63) is 70.2 Å². The molecule has 4 aromatic rings. The van der Waals surface area contributed by atoms with E-state index in [0.29, 0.717) is 11.3 Å². The van der Waals surface area contributed by atoms with E-state index in [2.05, 4.69) is 27.1 Å². The number of sulfonamides is 1. The van der Waals surface area contributed by atoms with Gasteiger partial charge in [0.25, 0.3) is 0 Å². The molecule has 150 valence electrons. The van der Waals surface area contributed by atoms with Gasteiger partial charge < -0.3 is 4.57 Å². The zero-order valence-corrected chi connectivity index (χ0v) is 18.2. The number of rotatable bonds is 7. The van der Waals surface area contributed by atoms with Gasteiger partial charge in [-0.1, -0.05) is 42.1 Å². The first-order valence-corrected chi connectivity index (χ1v) is 12.5. The standard InChI is InChI=1S/C20H20N4O2S3/c1-2-24-18-9-8-16(29(21,25)26)11-17(18)23-20(24)28-13-15-12-27-19(22-15)10-14-6-4-3-5-7-14/h3-9,11-12H,2,10,13H2,1H3,(H2,21,25,26). The highest BCUT2D eigenvalue weighted by molar-refractivity contribution is 7.98. The molecule has 0 saturated heterocycles. The van der Waals surface area contributed by atoms with Gasteiger partial charge >= 0.3 is 0 Å². The van der Waals surface area contributed by atoms with Crippen LogP contribution in [-0.4, -0.2) is 23.0 Å². The smallest absolute Gasteiger partial charge is 0.238 e. The Morgan fingerprint density at radius 1 is 1.14 bits per heavy atom. The number of nitrogens with two attached hydrogens (primary N) is 1. The molecule has 0 atom stereocenters. The Kier molecular flexibility index (Phi) is 5.73. The van der Waals surface area contributed by atoms with Crippen LogP contribution in [0.3, 0.4) is 0 Å². The van der Waals surface area contributed by atoms with E-state index in [0.717, 1.165) is 34.3 Å². The topological polar surface area (TPSA) is 90.9 Å². The molecule has 0 fully saturated rings. The third-order valence-corrected chi connectivity index (χ3v) is 7.29. The van der Waals surface area contributed by atoms with E-state index in [-0.39, 0.29) is 4.90 Å². The Balaban J connectivity index is 1.52. The van der Waals surface area contributed by atoms with E-state index >= 15 is 0 Å². The number of hydrogen-bond donors (Lipinski definition) is 1. The zero-order valence-electron chi connectivity index (χ0n) is 15.8. The van der Waals surface area contributed by atoms with E-state index in [9.17, 15) is 8.42 Å². The van der Waals surface area contributed by atoms with Crippen LogP contribution < -0.4 is 5.14 Å². The summed E-state index contributed by atoms with van der Waals surface area (Å²) in [5.74, 6) is 0.705. The van der Waals surface area contributed by atoms with Crippen LogP contribution in [0.4, 0.5) is 0 Å². The molecule has 2 aromatic heterocycles. The average Bonchev–Trinajstić information content (AvgIpc) is 3.29. The maximum absolute atomic E-state index is 11.6. The molecule has 0 saturated carbocycles. The minimum atomic E-state index is -3.75. The molecule has 0 bridgehead atoms. The first kappa shape index (κ1) is 20.1. The van der Waals surface area contributed by atoms with Crippen LogP contribution in [0.15, 0.2) is 64.0 Å². The molecule has 0 unspecified atom stereocenters. The lowest BCUT2D eigenvalue weighted by Gasteiger charge is -2.05. The van der Waals surface area contributed by atoms with Gasteiger partial charge in [0.2, 0.25) is 10.0 Å². The molecule has 29 heavy (non-hydrogen) atoms. The predicted molar refractivity (Wildman–Crippen MR) is 118 cm³/mol. The van der Waals surface area contributed by atoms with Crippen LogP contribution >= 0.6 is 23.1 Å². The van der Waals surface area contributed by atoms with Crippen molar-refractivity contribution >= 4 is 44.2 Å². The molecule has 9 heteroatoms. The van der Waals surface area contributed by atoms with Crippen molar-refractivity contribution in [2.45, 2.75) is 35.7 Å². The lowest BCUT2D eigenvalue weighted by molar-refractivity contribution is 0.598. The molecule has 0 aliphatic rings. The van der Waals surface area contributed by atoms with Crippen molar-refractivity contribution in [1.82, 2.24) is 14.5 Å². The van der Waals surface area contributed by atoms with Crippen LogP contribution in [-0.2, 0) is 28.7 Å². The maximum Gasteiger partial charge on any atom is 0.238 e. The Morgan fingerprint density at radius 2 is 1.93 bits per heavy atom. The summed E-state index contributed by atoms with van der Waals surface area (Å²) >= 11 is 3.27. The van der Waals surface area contributed by atoms with E-state index in [1.807, 2.05) is 25.1 Å². The highest BCUT2D eigenvalue weighted by Gasteiger charge is 2.15. The molecule has 6 nitrogen and oxygen atoms in total. The van der Waals surface area contributed by atoms with Crippen LogP contribution in [0.25, 0.3) is 11.0 Å². The highest BCUT2D eigenvalue weighted by Crippen LogP contribution is 2.28. The number of imidazole rings is 1. The lowest BCUT2D eigenvalue weighted by atomic mass is 10.2. The number of fused-ring (bicyclic) bond motifs is 1. The van der Waals surface area contributed by atoms with E-state index in [4.69, 9.17) is 10.1 Å². The number of hydrogen-bond acceptors (Lipinski definition) is 6. The molecule has 4 rings (SSSR count). The largest absolute Gasteiger partial charge is 0.319 e. The predicted octanol–water partition coefficient (Wildman–Crippen LogP) is 4.04. The summed E-state index contributed by atoms with van der Waals surface area (Å²) in [6.07, 6.45) is 0.833. The summed E-state index contributed by atoms with van der Waals surface area (Å²) < 4.78 is 25.3. The zero-order chi connectivity index (χ0) is 20.4. The molecule has 2 heterocycles. The molecule has 2 N–H and O–H groups in total. The Bertz CT molecular complexity index is 1250. The van der Waals surface area contributed by atoms with Crippen LogP contribution in [0.1, 0.15) is 23.2 Å². The molecule has 0 amide bonds. The Hall–Kier alpha value is -2.20. The second kappa shape index (κ2) is 8.27. The van der Waals surface area contributed by atoms with E-state index in [1.165, 1.54) is 17.7 Å². The highest BCUT2D eigenvalue weighted by atomic mass is 32.2. The number of nitrogens with zero attached hydrogens (tertiary/aromatic N) is 3. The minimum absolute atomic E-state index is 0.0763. The van der Waals surface area contributed by atoms with Crippen molar-refractivity contribution in [1.29, 1.82) is 0 Å².